The average Bonchev–Trinajstić information content (AvgIpc) is 2.91. The van der Waals surface area contributed by atoms with Gasteiger partial charge in [0.05, 0.1) is 36.6 Å². The summed E-state index contributed by atoms with van der Waals surface area (Å²) in [5, 5.41) is 6.61. The lowest BCUT2D eigenvalue weighted by atomic mass is 10.0. The van der Waals surface area contributed by atoms with Gasteiger partial charge in [0.15, 0.2) is 0 Å². The molecule has 0 unspecified atom stereocenters. The zero-order valence-electron chi connectivity index (χ0n) is 9.31. The third-order valence-electron chi connectivity index (χ3n) is 3.30. The molecule has 4 nitrogen and oxygen atoms in total. The minimum absolute atomic E-state index is 0.287. The monoisotopic (exact) mass is 240 g/mol. The molecule has 0 bridgehead atoms. The summed E-state index contributed by atoms with van der Waals surface area (Å²) in [7, 11) is 0. The number of ether oxygens (including phenoxy) is 2. The van der Waals surface area contributed by atoms with Crippen LogP contribution in [0.3, 0.4) is 0 Å². The molecule has 0 amide bonds. The second kappa shape index (κ2) is 4.41. The summed E-state index contributed by atoms with van der Waals surface area (Å²) in [6, 6.07) is 0.502. The van der Waals surface area contributed by atoms with Gasteiger partial charge in [-0.05, 0) is 6.92 Å². The Balaban J connectivity index is 1.55. The summed E-state index contributed by atoms with van der Waals surface area (Å²) >= 11 is 1.67. The molecule has 2 aliphatic rings. The lowest BCUT2D eigenvalue weighted by Gasteiger charge is -2.15. The van der Waals surface area contributed by atoms with Crippen LogP contribution in [-0.2, 0) is 16.1 Å². The lowest BCUT2D eigenvalue weighted by Crippen LogP contribution is -2.26. The molecule has 0 radical (unpaired) electrons. The van der Waals surface area contributed by atoms with Crippen molar-refractivity contribution in [2.45, 2.75) is 25.7 Å². The SMILES string of the molecule is Cc1nc(CO[C@@H]2CN[C@@H]3COC[C@@H]32)cs1. The van der Waals surface area contributed by atoms with Crippen molar-refractivity contribution >= 4 is 11.3 Å². The smallest absolute Gasteiger partial charge is 0.0901 e. The first-order valence-corrected chi connectivity index (χ1v) is 6.54. The van der Waals surface area contributed by atoms with Crippen LogP contribution in [0.25, 0.3) is 0 Å². The zero-order valence-corrected chi connectivity index (χ0v) is 10.1. The van der Waals surface area contributed by atoms with E-state index >= 15 is 0 Å². The first-order valence-electron chi connectivity index (χ1n) is 5.66. The predicted octanol–water partition coefficient (Wildman–Crippen LogP) is 0.955. The van der Waals surface area contributed by atoms with Gasteiger partial charge in [0, 0.05) is 23.9 Å². The molecule has 0 spiro atoms. The van der Waals surface area contributed by atoms with E-state index in [1.807, 2.05) is 6.92 Å². The van der Waals surface area contributed by atoms with Crippen molar-refractivity contribution in [1.82, 2.24) is 10.3 Å². The quantitative estimate of drug-likeness (QED) is 0.854. The summed E-state index contributed by atoms with van der Waals surface area (Å²) in [6.45, 7) is 5.26. The van der Waals surface area contributed by atoms with Gasteiger partial charge in [-0.15, -0.1) is 11.3 Å². The van der Waals surface area contributed by atoms with E-state index in [1.54, 1.807) is 11.3 Å². The number of nitrogens with one attached hydrogen (secondary N) is 1. The van der Waals surface area contributed by atoms with Crippen molar-refractivity contribution in [3.8, 4) is 0 Å². The van der Waals surface area contributed by atoms with Crippen molar-refractivity contribution in [1.29, 1.82) is 0 Å². The molecule has 1 N–H and O–H groups in total. The van der Waals surface area contributed by atoms with Crippen molar-refractivity contribution in [3.05, 3.63) is 16.1 Å². The molecule has 2 saturated heterocycles. The molecule has 16 heavy (non-hydrogen) atoms. The number of fused-ring (bicyclic) bond motifs is 1. The zero-order chi connectivity index (χ0) is 11.0. The average molecular weight is 240 g/mol. The second-order valence-corrected chi connectivity index (χ2v) is 5.49. The summed E-state index contributed by atoms with van der Waals surface area (Å²) < 4.78 is 11.4. The predicted molar refractivity (Wildman–Crippen MR) is 61.5 cm³/mol. The van der Waals surface area contributed by atoms with E-state index in [2.05, 4.69) is 15.7 Å². The minimum Gasteiger partial charge on any atom is -0.379 e. The highest BCUT2D eigenvalue weighted by molar-refractivity contribution is 7.09. The van der Waals surface area contributed by atoms with Crippen LogP contribution >= 0.6 is 11.3 Å². The highest BCUT2D eigenvalue weighted by Gasteiger charge is 2.40. The van der Waals surface area contributed by atoms with Gasteiger partial charge in [0.1, 0.15) is 0 Å². The fraction of sp³-hybridized carbons (Fsp3) is 0.727. The maximum atomic E-state index is 5.92. The number of thiazole rings is 1. The van der Waals surface area contributed by atoms with Crippen LogP contribution in [0.1, 0.15) is 10.7 Å². The third kappa shape index (κ3) is 2.00. The standard InChI is InChI=1S/C11H16N2O2S/c1-7-13-8(6-16-7)3-15-11-2-12-10-5-14-4-9(10)11/h6,9-12H,2-5H2,1H3/t9-,10+,11+/m0/s1. The molecule has 1 aromatic heterocycles. The van der Waals surface area contributed by atoms with Crippen LogP contribution in [-0.4, -0.2) is 36.9 Å². The van der Waals surface area contributed by atoms with Crippen LogP contribution in [0.5, 0.6) is 0 Å². The number of hydrogen-bond acceptors (Lipinski definition) is 5. The Morgan fingerprint density at radius 2 is 2.56 bits per heavy atom. The Hall–Kier alpha value is -0.490. The van der Waals surface area contributed by atoms with Crippen molar-refractivity contribution < 1.29 is 9.47 Å². The number of hydrogen-bond donors (Lipinski definition) is 1. The van der Waals surface area contributed by atoms with E-state index < -0.39 is 0 Å². The van der Waals surface area contributed by atoms with Crippen LogP contribution in [0.2, 0.25) is 0 Å². The number of aromatic nitrogens is 1. The maximum Gasteiger partial charge on any atom is 0.0901 e. The summed E-state index contributed by atoms with van der Waals surface area (Å²) in [6.07, 6.45) is 0.287. The summed E-state index contributed by atoms with van der Waals surface area (Å²) in [4.78, 5) is 4.40. The largest absolute Gasteiger partial charge is 0.379 e. The van der Waals surface area contributed by atoms with Gasteiger partial charge in [0.25, 0.3) is 0 Å². The number of nitrogens with zero attached hydrogens (tertiary/aromatic N) is 1. The first kappa shape index (κ1) is 10.7. The van der Waals surface area contributed by atoms with Crippen LogP contribution in [0, 0.1) is 12.8 Å². The molecule has 3 heterocycles. The van der Waals surface area contributed by atoms with Crippen LogP contribution in [0.4, 0.5) is 0 Å². The summed E-state index contributed by atoms with van der Waals surface area (Å²) in [5.41, 5.74) is 1.05. The topological polar surface area (TPSA) is 43.4 Å². The van der Waals surface area contributed by atoms with E-state index in [0.717, 1.165) is 30.5 Å². The van der Waals surface area contributed by atoms with Gasteiger partial charge in [-0.1, -0.05) is 0 Å². The molecule has 3 rings (SSSR count). The van der Waals surface area contributed by atoms with Crippen LogP contribution in [0.15, 0.2) is 5.38 Å². The molecule has 0 aliphatic carbocycles. The maximum absolute atomic E-state index is 5.92. The first-order chi connectivity index (χ1) is 7.83. The Labute approximate surface area is 99.0 Å². The van der Waals surface area contributed by atoms with Gasteiger partial charge in [-0.25, -0.2) is 4.98 Å². The highest BCUT2D eigenvalue weighted by Crippen LogP contribution is 2.25. The van der Waals surface area contributed by atoms with Gasteiger partial charge >= 0.3 is 0 Å². The Morgan fingerprint density at radius 3 is 3.38 bits per heavy atom. The minimum atomic E-state index is 0.287. The molecule has 88 valence electrons. The Bertz CT molecular complexity index is 369. The van der Waals surface area contributed by atoms with Gasteiger partial charge < -0.3 is 14.8 Å². The Kier molecular flexibility index (Phi) is 2.93. The molecule has 2 aliphatic heterocycles. The molecule has 0 saturated carbocycles. The number of aryl methyl sites for hydroxylation is 1. The van der Waals surface area contributed by atoms with Gasteiger partial charge in [0.2, 0.25) is 0 Å². The van der Waals surface area contributed by atoms with E-state index in [0.29, 0.717) is 18.6 Å². The van der Waals surface area contributed by atoms with Crippen molar-refractivity contribution in [2.24, 2.45) is 5.92 Å². The molecule has 0 aromatic carbocycles. The van der Waals surface area contributed by atoms with E-state index in [9.17, 15) is 0 Å². The number of rotatable bonds is 3. The molecular formula is C11H16N2O2S. The van der Waals surface area contributed by atoms with Crippen molar-refractivity contribution in [3.63, 3.8) is 0 Å². The molecule has 5 heteroatoms. The van der Waals surface area contributed by atoms with Crippen LogP contribution < -0.4 is 5.32 Å². The molecule has 2 fully saturated rings. The highest BCUT2D eigenvalue weighted by atomic mass is 32.1. The normalized spacial score (nSPS) is 33.2. The third-order valence-corrected chi connectivity index (χ3v) is 4.12. The van der Waals surface area contributed by atoms with E-state index in [1.165, 1.54) is 0 Å². The van der Waals surface area contributed by atoms with Crippen molar-refractivity contribution in [2.75, 3.05) is 19.8 Å². The van der Waals surface area contributed by atoms with Gasteiger partial charge in [-0.3, -0.25) is 0 Å². The fourth-order valence-corrected chi connectivity index (χ4v) is 3.01. The Morgan fingerprint density at radius 1 is 1.62 bits per heavy atom. The lowest BCUT2D eigenvalue weighted by molar-refractivity contribution is 0.0139. The second-order valence-electron chi connectivity index (χ2n) is 4.42. The van der Waals surface area contributed by atoms with E-state index in [4.69, 9.17) is 9.47 Å². The molecule has 1 aromatic rings. The summed E-state index contributed by atoms with van der Waals surface area (Å²) in [5.74, 6) is 0.528. The van der Waals surface area contributed by atoms with Gasteiger partial charge in [-0.2, -0.15) is 0 Å². The van der Waals surface area contributed by atoms with E-state index in [-0.39, 0.29) is 6.10 Å². The fourth-order valence-electron chi connectivity index (χ4n) is 2.42. The molecule has 3 atom stereocenters. The molecular weight excluding hydrogens is 224 g/mol.